The smallest absolute Gasteiger partial charge is 0.227 e. The van der Waals surface area contributed by atoms with Gasteiger partial charge in [0.2, 0.25) is 11.7 Å². The van der Waals surface area contributed by atoms with Crippen LogP contribution in [0.25, 0.3) is 10.7 Å². The molecule has 0 saturated carbocycles. The van der Waals surface area contributed by atoms with Crippen LogP contribution in [0.3, 0.4) is 0 Å². The number of hydrogen-bond donors (Lipinski definition) is 0. The third kappa shape index (κ3) is 3.90. The lowest BCUT2D eigenvalue weighted by Gasteiger charge is -2.33. The van der Waals surface area contributed by atoms with E-state index in [4.69, 9.17) is 4.52 Å². The van der Waals surface area contributed by atoms with Gasteiger partial charge in [-0.25, -0.2) is 0 Å². The molecule has 0 N–H and O–H groups in total. The number of hydrogen-bond acceptors (Lipinski definition) is 6. The Morgan fingerprint density at radius 1 is 1.24 bits per heavy atom. The van der Waals surface area contributed by atoms with Crippen molar-refractivity contribution in [2.45, 2.75) is 19.8 Å². The fourth-order valence-corrected chi connectivity index (χ4v) is 3.29. The first-order valence-electron chi connectivity index (χ1n) is 7.66. The quantitative estimate of drug-likeness (QED) is 0.820. The monoisotopic (exact) mass is 306 g/mol. The van der Waals surface area contributed by atoms with Gasteiger partial charge in [0.25, 0.3) is 0 Å². The van der Waals surface area contributed by atoms with Gasteiger partial charge >= 0.3 is 0 Å². The van der Waals surface area contributed by atoms with Crippen LogP contribution < -0.4 is 0 Å². The number of piperazine rings is 1. The first kappa shape index (κ1) is 14.7. The van der Waals surface area contributed by atoms with Gasteiger partial charge < -0.3 is 14.3 Å². The molecule has 0 bridgehead atoms. The van der Waals surface area contributed by atoms with Crippen molar-refractivity contribution in [3.8, 4) is 10.7 Å². The van der Waals surface area contributed by atoms with E-state index in [1.807, 2.05) is 17.5 Å². The fourth-order valence-electron chi connectivity index (χ4n) is 2.65. The number of likely N-dealkylation sites (N-methyl/N-ethyl adjacent to an activating group) is 1. The standard InChI is InChI=1S/C15H22N4OS/c1-2-18-8-10-19(11-9-18)7-3-6-14-16-15(17-20-14)13-5-4-12-21-13/h4-5,12H,2-3,6-11H2,1H3. The summed E-state index contributed by atoms with van der Waals surface area (Å²) in [5, 5.41) is 6.08. The van der Waals surface area contributed by atoms with Gasteiger partial charge in [-0.05, 0) is 31.0 Å². The maximum atomic E-state index is 5.33. The van der Waals surface area contributed by atoms with E-state index in [1.165, 1.54) is 32.7 Å². The molecule has 0 aromatic carbocycles. The molecule has 0 amide bonds. The Kier molecular flexibility index (Phi) is 5.00. The lowest BCUT2D eigenvalue weighted by Crippen LogP contribution is -2.46. The molecule has 3 heterocycles. The molecule has 0 aliphatic carbocycles. The van der Waals surface area contributed by atoms with Crippen LogP contribution in [0.1, 0.15) is 19.2 Å². The van der Waals surface area contributed by atoms with Crippen LogP contribution >= 0.6 is 11.3 Å². The van der Waals surface area contributed by atoms with E-state index >= 15 is 0 Å². The summed E-state index contributed by atoms with van der Waals surface area (Å²) < 4.78 is 5.33. The molecule has 1 saturated heterocycles. The first-order chi connectivity index (χ1) is 10.3. The van der Waals surface area contributed by atoms with E-state index in [2.05, 4.69) is 26.9 Å². The number of thiophene rings is 1. The number of rotatable bonds is 6. The summed E-state index contributed by atoms with van der Waals surface area (Å²) in [5.74, 6) is 1.47. The van der Waals surface area contributed by atoms with E-state index in [0.717, 1.165) is 36.0 Å². The zero-order valence-electron chi connectivity index (χ0n) is 12.5. The Bertz CT molecular complexity index is 532. The molecule has 5 nitrogen and oxygen atoms in total. The van der Waals surface area contributed by atoms with E-state index in [0.29, 0.717) is 0 Å². The summed E-state index contributed by atoms with van der Waals surface area (Å²) in [6.45, 7) is 9.27. The van der Waals surface area contributed by atoms with Crippen molar-refractivity contribution >= 4 is 11.3 Å². The van der Waals surface area contributed by atoms with Gasteiger partial charge in [0.15, 0.2) is 0 Å². The SMILES string of the molecule is CCN1CCN(CCCc2nc(-c3cccs3)no2)CC1. The van der Waals surface area contributed by atoms with E-state index in [-0.39, 0.29) is 0 Å². The van der Waals surface area contributed by atoms with Crippen LogP contribution in [-0.2, 0) is 6.42 Å². The lowest BCUT2D eigenvalue weighted by atomic mass is 10.2. The molecular formula is C15H22N4OS. The molecule has 3 rings (SSSR count). The predicted molar refractivity (Wildman–Crippen MR) is 84.5 cm³/mol. The maximum absolute atomic E-state index is 5.33. The molecule has 0 unspecified atom stereocenters. The summed E-state index contributed by atoms with van der Waals surface area (Å²) in [5.41, 5.74) is 0. The second-order valence-corrected chi connectivity index (χ2v) is 6.32. The highest BCUT2D eigenvalue weighted by Crippen LogP contribution is 2.21. The zero-order chi connectivity index (χ0) is 14.5. The third-order valence-corrected chi connectivity index (χ3v) is 4.85. The summed E-state index contributed by atoms with van der Waals surface area (Å²) in [6.07, 6.45) is 1.95. The van der Waals surface area contributed by atoms with Crippen LogP contribution in [0, 0.1) is 0 Å². The Morgan fingerprint density at radius 3 is 2.76 bits per heavy atom. The lowest BCUT2D eigenvalue weighted by molar-refractivity contribution is 0.135. The highest BCUT2D eigenvalue weighted by atomic mass is 32.1. The highest BCUT2D eigenvalue weighted by Gasteiger charge is 2.15. The summed E-state index contributed by atoms with van der Waals surface area (Å²) >= 11 is 1.64. The van der Waals surface area contributed by atoms with Crippen LogP contribution in [-0.4, -0.2) is 59.2 Å². The molecule has 0 atom stereocenters. The molecule has 0 spiro atoms. The van der Waals surface area contributed by atoms with Crippen molar-refractivity contribution in [2.75, 3.05) is 39.3 Å². The van der Waals surface area contributed by atoms with Crippen LogP contribution in [0.4, 0.5) is 0 Å². The van der Waals surface area contributed by atoms with Crippen molar-refractivity contribution < 1.29 is 4.52 Å². The normalized spacial score (nSPS) is 17.4. The Labute approximate surface area is 129 Å². The molecule has 1 aliphatic heterocycles. The molecule has 1 aliphatic rings. The fraction of sp³-hybridized carbons (Fsp3) is 0.600. The van der Waals surface area contributed by atoms with Crippen LogP contribution in [0.5, 0.6) is 0 Å². The Balaban J connectivity index is 1.42. The van der Waals surface area contributed by atoms with Crippen LogP contribution in [0.2, 0.25) is 0 Å². The van der Waals surface area contributed by atoms with Crippen molar-refractivity contribution in [2.24, 2.45) is 0 Å². The summed E-state index contributed by atoms with van der Waals surface area (Å²) in [7, 11) is 0. The average Bonchev–Trinajstić information content (AvgIpc) is 3.19. The van der Waals surface area contributed by atoms with Gasteiger partial charge in [-0.3, -0.25) is 0 Å². The number of aromatic nitrogens is 2. The Hall–Kier alpha value is -1.24. The number of aryl methyl sites for hydroxylation is 1. The molecule has 2 aromatic rings. The van der Waals surface area contributed by atoms with Gasteiger partial charge in [0.1, 0.15) is 0 Å². The predicted octanol–water partition coefficient (Wildman–Crippen LogP) is 2.37. The molecule has 2 aromatic heterocycles. The van der Waals surface area contributed by atoms with Gasteiger partial charge in [0, 0.05) is 32.6 Å². The van der Waals surface area contributed by atoms with Crippen molar-refractivity contribution in [1.82, 2.24) is 19.9 Å². The average molecular weight is 306 g/mol. The highest BCUT2D eigenvalue weighted by molar-refractivity contribution is 7.13. The topological polar surface area (TPSA) is 45.4 Å². The first-order valence-corrected chi connectivity index (χ1v) is 8.54. The third-order valence-electron chi connectivity index (χ3n) is 3.99. The minimum absolute atomic E-state index is 0.719. The molecular weight excluding hydrogens is 284 g/mol. The second-order valence-electron chi connectivity index (χ2n) is 5.37. The largest absolute Gasteiger partial charge is 0.339 e. The minimum atomic E-state index is 0.719. The van der Waals surface area contributed by atoms with Crippen LogP contribution in [0.15, 0.2) is 22.0 Å². The second kappa shape index (κ2) is 7.15. The van der Waals surface area contributed by atoms with E-state index in [1.54, 1.807) is 11.3 Å². The van der Waals surface area contributed by atoms with Crippen molar-refractivity contribution in [1.29, 1.82) is 0 Å². The van der Waals surface area contributed by atoms with E-state index < -0.39 is 0 Å². The summed E-state index contributed by atoms with van der Waals surface area (Å²) in [4.78, 5) is 10.6. The maximum Gasteiger partial charge on any atom is 0.227 e. The number of nitrogens with zero attached hydrogens (tertiary/aromatic N) is 4. The Morgan fingerprint density at radius 2 is 2.05 bits per heavy atom. The van der Waals surface area contributed by atoms with Gasteiger partial charge in [-0.1, -0.05) is 18.1 Å². The minimum Gasteiger partial charge on any atom is -0.339 e. The van der Waals surface area contributed by atoms with Gasteiger partial charge in [-0.2, -0.15) is 4.98 Å². The van der Waals surface area contributed by atoms with E-state index in [9.17, 15) is 0 Å². The van der Waals surface area contributed by atoms with Crippen molar-refractivity contribution in [3.05, 3.63) is 23.4 Å². The van der Waals surface area contributed by atoms with Crippen molar-refractivity contribution in [3.63, 3.8) is 0 Å². The van der Waals surface area contributed by atoms with Gasteiger partial charge in [-0.15, -0.1) is 11.3 Å². The molecule has 0 radical (unpaired) electrons. The summed E-state index contributed by atoms with van der Waals surface area (Å²) in [6, 6.07) is 4.03. The molecule has 6 heteroatoms. The van der Waals surface area contributed by atoms with Gasteiger partial charge in [0.05, 0.1) is 4.88 Å². The molecule has 114 valence electrons. The zero-order valence-corrected chi connectivity index (χ0v) is 13.3. The molecule has 1 fully saturated rings. The molecule has 21 heavy (non-hydrogen) atoms.